The number of aromatic carboxylic acids is 1. The van der Waals surface area contributed by atoms with Gasteiger partial charge in [0.2, 0.25) is 0 Å². The van der Waals surface area contributed by atoms with Gasteiger partial charge in [0, 0.05) is 5.57 Å². The summed E-state index contributed by atoms with van der Waals surface area (Å²) in [6.45, 7) is 4.60. The smallest absolute Gasteiger partial charge is 0.336 e. The number of aliphatic carboxylic acids is 1. The second kappa shape index (κ2) is 7.65. The fourth-order valence-electron chi connectivity index (χ4n) is 1.54. The van der Waals surface area contributed by atoms with E-state index in [0.717, 1.165) is 11.1 Å². The maximum atomic E-state index is 11.0. The minimum absolute atomic E-state index is 0.176. The summed E-state index contributed by atoms with van der Waals surface area (Å²) < 4.78 is 0. The van der Waals surface area contributed by atoms with E-state index in [0.29, 0.717) is 5.56 Å². The molecular weight excluding hydrogens is 268 g/mol. The van der Waals surface area contributed by atoms with Crippen LogP contribution < -0.4 is 0 Å². The molecule has 0 atom stereocenters. The average Bonchev–Trinajstić information content (AvgIpc) is 2.48. The minimum atomic E-state index is -0.935. The molecule has 0 saturated heterocycles. The highest BCUT2D eigenvalue weighted by molar-refractivity contribution is 5.95. The van der Waals surface area contributed by atoms with E-state index in [-0.39, 0.29) is 5.57 Å². The Morgan fingerprint density at radius 2 is 1.38 bits per heavy atom. The lowest BCUT2D eigenvalue weighted by Crippen LogP contribution is -1.98. The molecule has 2 aromatic carbocycles. The van der Waals surface area contributed by atoms with Gasteiger partial charge >= 0.3 is 11.9 Å². The lowest BCUT2D eigenvalue weighted by molar-refractivity contribution is -0.132. The predicted molar refractivity (Wildman–Crippen MR) is 81.3 cm³/mol. The first-order valence-electron chi connectivity index (χ1n) is 6.20. The molecule has 2 N–H and O–H groups in total. The number of hydrogen-bond acceptors (Lipinski definition) is 2. The van der Waals surface area contributed by atoms with Crippen molar-refractivity contribution in [2.75, 3.05) is 0 Å². The van der Waals surface area contributed by atoms with Crippen LogP contribution in [0.1, 0.15) is 17.3 Å². The van der Waals surface area contributed by atoms with Crippen LogP contribution in [0.5, 0.6) is 0 Å². The quantitative estimate of drug-likeness (QED) is 0.843. The van der Waals surface area contributed by atoms with Crippen LogP contribution in [0.3, 0.4) is 0 Å². The highest BCUT2D eigenvalue weighted by Gasteiger charge is 2.09. The second-order valence-corrected chi connectivity index (χ2v) is 4.30. The number of carboxylic acid groups (broad SMARTS) is 2. The van der Waals surface area contributed by atoms with Gasteiger partial charge in [0.25, 0.3) is 0 Å². The van der Waals surface area contributed by atoms with E-state index in [1.165, 1.54) is 6.92 Å². The van der Waals surface area contributed by atoms with Crippen molar-refractivity contribution in [3.05, 3.63) is 72.3 Å². The molecule has 0 aliphatic heterocycles. The second-order valence-electron chi connectivity index (χ2n) is 4.30. The lowest BCUT2D eigenvalue weighted by Gasteiger charge is -2.05. The van der Waals surface area contributed by atoms with Gasteiger partial charge in [-0.1, -0.05) is 55.1 Å². The SMILES string of the molecule is C=C(C)C(=O)O.O=C(O)c1ccccc1-c1ccccc1. The molecule has 2 aromatic rings. The third-order valence-corrected chi connectivity index (χ3v) is 2.61. The van der Waals surface area contributed by atoms with Crippen LogP contribution in [-0.2, 0) is 4.79 Å². The highest BCUT2D eigenvalue weighted by atomic mass is 16.4. The third-order valence-electron chi connectivity index (χ3n) is 2.61. The molecule has 0 aromatic heterocycles. The molecule has 0 unspecified atom stereocenters. The first-order valence-corrected chi connectivity index (χ1v) is 6.20. The van der Waals surface area contributed by atoms with Gasteiger partial charge in [-0.25, -0.2) is 9.59 Å². The summed E-state index contributed by atoms with van der Waals surface area (Å²) in [5.74, 6) is -1.83. The number of rotatable bonds is 3. The molecule has 0 saturated carbocycles. The average molecular weight is 284 g/mol. The van der Waals surface area contributed by atoms with Crippen LogP contribution in [0, 0.1) is 0 Å². The van der Waals surface area contributed by atoms with E-state index < -0.39 is 11.9 Å². The Kier molecular flexibility index (Phi) is 5.89. The molecule has 0 bridgehead atoms. The van der Waals surface area contributed by atoms with Crippen LogP contribution in [0.15, 0.2) is 66.7 Å². The Hall–Kier alpha value is -2.88. The van der Waals surface area contributed by atoms with Gasteiger partial charge in [-0.05, 0) is 24.1 Å². The van der Waals surface area contributed by atoms with Gasteiger partial charge in [-0.15, -0.1) is 0 Å². The third kappa shape index (κ3) is 4.95. The summed E-state index contributed by atoms with van der Waals surface area (Å²) >= 11 is 0. The van der Waals surface area contributed by atoms with Crippen LogP contribution in [0.4, 0.5) is 0 Å². The molecule has 4 nitrogen and oxygen atoms in total. The topological polar surface area (TPSA) is 74.6 Å². The molecule has 0 heterocycles. The Bertz CT molecular complexity index is 633. The summed E-state index contributed by atoms with van der Waals surface area (Å²) in [5.41, 5.74) is 2.19. The van der Waals surface area contributed by atoms with Crippen LogP contribution in [0.25, 0.3) is 11.1 Å². The normalized spacial score (nSPS) is 9.19. The molecule has 4 heteroatoms. The lowest BCUT2D eigenvalue weighted by atomic mass is 10.00. The van der Waals surface area contributed by atoms with Gasteiger partial charge in [0.15, 0.2) is 0 Å². The maximum absolute atomic E-state index is 11.0. The Balaban J connectivity index is 0.000000315. The zero-order valence-electron chi connectivity index (χ0n) is 11.6. The van der Waals surface area contributed by atoms with E-state index in [4.69, 9.17) is 10.2 Å². The van der Waals surface area contributed by atoms with Crippen molar-refractivity contribution >= 4 is 11.9 Å². The first-order chi connectivity index (χ1) is 9.93. The van der Waals surface area contributed by atoms with E-state index in [1.54, 1.807) is 12.1 Å². The number of carbonyl (C=O) groups is 2. The van der Waals surface area contributed by atoms with Crippen molar-refractivity contribution in [2.24, 2.45) is 0 Å². The van der Waals surface area contributed by atoms with E-state index in [2.05, 4.69) is 6.58 Å². The van der Waals surface area contributed by atoms with E-state index in [9.17, 15) is 9.59 Å². The summed E-state index contributed by atoms with van der Waals surface area (Å²) in [6, 6.07) is 16.5. The highest BCUT2D eigenvalue weighted by Crippen LogP contribution is 2.22. The summed E-state index contributed by atoms with van der Waals surface area (Å²) in [7, 11) is 0. The molecular formula is C17H16O4. The Morgan fingerprint density at radius 3 is 1.86 bits per heavy atom. The molecule has 0 radical (unpaired) electrons. The van der Waals surface area contributed by atoms with Gasteiger partial charge in [0.05, 0.1) is 5.56 Å². The van der Waals surface area contributed by atoms with Crippen molar-refractivity contribution in [1.29, 1.82) is 0 Å². The summed E-state index contributed by atoms with van der Waals surface area (Å²) in [5, 5.41) is 16.9. The minimum Gasteiger partial charge on any atom is -0.478 e. The predicted octanol–water partition coefficient (Wildman–Crippen LogP) is 3.70. The fraction of sp³-hybridized carbons (Fsp3) is 0.0588. The molecule has 0 aliphatic rings. The van der Waals surface area contributed by atoms with E-state index in [1.807, 2.05) is 42.5 Å². The van der Waals surface area contributed by atoms with Gasteiger partial charge in [0.1, 0.15) is 0 Å². The van der Waals surface area contributed by atoms with Crippen LogP contribution in [-0.4, -0.2) is 22.2 Å². The largest absolute Gasteiger partial charge is 0.478 e. The van der Waals surface area contributed by atoms with Crippen molar-refractivity contribution in [3.63, 3.8) is 0 Å². The van der Waals surface area contributed by atoms with Crippen LogP contribution >= 0.6 is 0 Å². The van der Waals surface area contributed by atoms with Crippen molar-refractivity contribution < 1.29 is 19.8 Å². The molecule has 0 fully saturated rings. The fourth-order valence-corrected chi connectivity index (χ4v) is 1.54. The van der Waals surface area contributed by atoms with Crippen molar-refractivity contribution in [1.82, 2.24) is 0 Å². The molecule has 21 heavy (non-hydrogen) atoms. The zero-order chi connectivity index (χ0) is 15.8. The molecule has 2 rings (SSSR count). The summed E-state index contributed by atoms with van der Waals surface area (Å²) in [6.07, 6.45) is 0. The first kappa shape index (κ1) is 16.2. The Labute approximate surface area is 123 Å². The monoisotopic (exact) mass is 284 g/mol. The summed E-state index contributed by atoms with van der Waals surface area (Å²) in [4.78, 5) is 20.6. The van der Waals surface area contributed by atoms with Gasteiger partial charge < -0.3 is 10.2 Å². The number of hydrogen-bond donors (Lipinski definition) is 2. The number of benzene rings is 2. The van der Waals surface area contributed by atoms with Crippen LogP contribution in [0.2, 0.25) is 0 Å². The van der Waals surface area contributed by atoms with E-state index >= 15 is 0 Å². The molecule has 0 spiro atoms. The van der Waals surface area contributed by atoms with Gasteiger partial charge in [-0.3, -0.25) is 0 Å². The molecule has 0 amide bonds. The standard InChI is InChI=1S/C13H10O2.C4H6O2/c14-13(15)12-9-5-4-8-11(12)10-6-2-1-3-7-10;1-3(2)4(5)6/h1-9H,(H,14,15);1H2,2H3,(H,5,6). The Morgan fingerprint density at radius 1 is 0.905 bits per heavy atom. The number of carboxylic acids is 2. The van der Waals surface area contributed by atoms with Gasteiger partial charge in [-0.2, -0.15) is 0 Å². The van der Waals surface area contributed by atoms with Crippen molar-refractivity contribution in [2.45, 2.75) is 6.92 Å². The molecule has 0 aliphatic carbocycles. The zero-order valence-corrected chi connectivity index (χ0v) is 11.6. The van der Waals surface area contributed by atoms with Crippen molar-refractivity contribution in [3.8, 4) is 11.1 Å². The maximum Gasteiger partial charge on any atom is 0.336 e. The molecule has 108 valence electrons.